The molecule has 7 nitrogen and oxygen atoms in total. The average Bonchev–Trinajstić information content (AvgIpc) is 3.40. The first-order valence-corrected chi connectivity index (χ1v) is 12.0. The molecule has 0 radical (unpaired) electrons. The van der Waals surface area contributed by atoms with Crippen molar-refractivity contribution in [3.8, 4) is 0 Å². The zero-order valence-electron chi connectivity index (χ0n) is 19.5. The molecule has 1 atom stereocenters. The molecule has 1 unspecified atom stereocenters. The first-order chi connectivity index (χ1) is 16.2. The number of nitrogens with one attached hydrogen (secondary N) is 2. The van der Waals surface area contributed by atoms with Gasteiger partial charge in [-0.05, 0) is 49.6 Å². The lowest BCUT2D eigenvalue weighted by Gasteiger charge is -2.37. The van der Waals surface area contributed by atoms with Crippen molar-refractivity contribution in [2.75, 3.05) is 50.8 Å². The molecule has 2 aliphatic heterocycles. The van der Waals surface area contributed by atoms with Crippen LogP contribution in [0.25, 0.3) is 0 Å². The Balaban J connectivity index is 1.33. The summed E-state index contributed by atoms with van der Waals surface area (Å²) in [5, 5.41) is 6.43. The number of hydrogen-bond donors (Lipinski definition) is 2. The molecule has 0 bridgehead atoms. The first-order valence-electron chi connectivity index (χ1n) is 12.0. The highest BCUT2D eigenvalue weighted by atomic mass is 16.5. The van der Waals surface area contributed by atoms with Crippen LogP contribution in [0.1, 0.15) is 35.7 Å². The normalized spacial score (nSPS) is 18.9. The lowest BCUT2D eigenvalue weighted by molar-refractivity contribution is 0.0857. The third-order valence-corrected chi connectivity index (χ3v) is 6.15. The van der Waals surface area contributed by atoms with Gasteiger partial charge in [0.15, 0.2) is 5.96 Å². The summed E-state index contributed by atoms with van der Waals surface area (Å²) in [5.74, 6) is 0.874. The van der Waals surface area contributed by atoms with Crippen molar-refractivity contribution in [2.45, 2.75) is 32.4 Å². The Morgan fingerprint density at radius 2 is 1.88 bits per heavy atom. The van der Waals surface area contributed by atoms with Gasteiger partial charge in [0.05, 0.1) is 12.6 Å². The zero-order valence-corrected chi connectivity index (χ0v) is 19.5. The van der Waals surface area contributed by atoms with E-state index in [0.717, 1.165) is 63.7 Å². The van der Waals surface area contributed by atoms with Gasteiger partial charge < -0.3 is 25.2 Å². The Hall–Kier alpha value is -3.06. The predicted molar refractivity (Wildman–Crippen MR) is 133 cm³/mol. The molecular weight excluding hydrogens is 414 g/mol. The smallest absolute Gasteiger partial charge is 0.251 e. The number of rotatable bonds is 7. The van der Waals surface area contributed by atoms with Crippen LogP contribution in [0, 0.1) is 0 Å². The van der Waals surface area contributed by atoms with E-state index < -0.39 is 0 Å². The monoisotopic (exact) mass is 449 g/mol. The van der Waals surface area contributed by atoms with Crippen LogP contribution in [0.15, 0.2) is 59.6 Å². The van der Waals surface area contributed by atoms with Crippen molar-refractivity contribution < 1.29 is 9.53 Å². The van der Waals surface area contributed by atoms with Crippen molar-refractivity contribution in [2.24, 2.45) is 4.99 Å². The third kappa shape index (κ3) is 6.48. The average molecular weight is 450 g/mol. The molecule has 2 N–H and O–H groups in total. The summed E-state index contributed by atoms with van der Waals surface area (Å²) in [6.45, 7) is 8.60. The number of carbonyl (C=O) groups excluding carboxylic acids is 1. The summed E-state index contributed by atoms with van der Waals surface area (Å²) in [6, 6.07) is 18.3. The Morgan fingerprint density at radius 1 is 1.06 bits per heavy atom. The highest BCUT2D eigenvalue weighted by Gasteiger charge is 2.20. The molecule has 0 spiro atoms. The van der Waals surface area contributed by atoms with E-state index in [1.54, 1.807) is 0 Å². The zero-order chi connectivity index (χ0) is 22.9. The molecule has 176 valence electrons. The van der Waals surface area contributed by atoms with E-state index in [2.05, 4.69) is 57.7 Å². The van der Waals surface area contributed by atoms with Crippen LogP contribution in [0.2, 0.25) is 0 Å². The maximum Gasteiger partial charge on any atom is 0.251 e. The number of guanidine groups is 1. The number of aliphatic imine (C=N–C) groups is 1. The standard InChI is InChI=1S/C26H35N5O2/c1-2-27-26(31-15-13-30(14-16-31)23-10-4-3-5-11-23)29-19-21-8-6-9-22(18-21)25(32)28-20-24-12-7-17-33-24/h3-6,8-11,18,24H,2,7,12-17,19-20H2,1H3,(H,27,29)(H,28,32). The molecule has 2 heterocycles. The number of nitrogens with zero attached hydrogens (tertiary/aromatic N) is 3. The van der Waals surface area contributed by atoms with Crippen LogP contribution >= 0.6 is 0 Å². The number of benzene rings is 2. The topological polar surface area (TPSA) is 69.2 Å². The largest absolute Gasteiger partial charge is 0.376 e. The highest BCUT2D eigenvalue weighted by molar-refractivity contribution is 5.94. The molecule has 1 amide bonds. The van der Waals surface area contributed by atoms with E-state index in [1.165, 1.54) is 5.69 Å². The van der Waals surface area contributed by atoms with Gasteiger partial charge in [0.1, 0.15) is 0 Å². The molecule has 0 aromatic heterocycles. The van der Waals surface area contributed by atoms with Crippen LogP contribution in [0.5, 0.6) is 0 Å². The number of anilines is 1. The fraction of sp³-hybridized carbons (Fsp3) is 0.462. The van der Waals surface area contributed by atoms with E-state index in [-0.39, 0.29) is 12.0 Å². The van der Waals surface area contributed by atoms with Crippen molar-refractivity contribution in [1.82, 2.24) is 15.5 Å². The second kappa shape index (κ2) is 11.7. The second-order valence-electron chi connectivity index (χ2n) is 8.53. The summed E-state index contributed by atoms with van der Waals surface area (Å²) in [5.41, 5.74) is 2.97. The van der Waals surface area contributed by atoms with Gasteiger partial charge >= 0.3 is 0 Å². The minimum absolute atomic E-state index is 0.0553. The predicted octanol–water partition coefficient (Wildman–Crippen LogP) is 2.88. The lowest BCUT2D eigenvalue weighted by atomic mass is 10.1. The molecule has 2 saturated heterocycles. The van der Waals surface area contributed by atoms with Crippen molar-refractivity contribution in [3.05, 3.63) is 65.7 Å². The lowest BCUT2D eigenvalue weighted by Crippen LogP contribution is -2.52. The molecular formula is C26H35N5O2. The Bertz CT molecular complexity index is 919. The SMILES string of the molecule is CCNC(=NCc1cccc(C(=O)NCC2CCCO2)c1)N1CCN(c2ccccc2)CC1. The molecule has 0 saturated carbocycles. The highest BCUT2D eigenvalue weighted by Crippen LogP contribution is 2.16. The maximum atomic E-state index is 12.6. The summed E-state index contributed by atoms with van der Waals surface area (Å²) >= 11 is 0. The number of hydrogen-bond acceptors (Lipinski definition) is 4. The van der Waals surface area contributed by atoms with Gasteiger partial charge in [0.2, 0.25) is 0 Å². The van der Waals surface area contributed by atoms with Crippen LogP contribution in [-0.2, 0) is 11.3 Å². The number of para-hydroxylation sites is 1. The van der Waals surface area contributed by atoms with E-state index in [4.69, 9.17) is 9.73 Å². The van der Waals surface area contributed by atoms with Crippen LogP contribution in [0.4, 0.5) is 5.69 Å². The maximum absolute atomic E-state index is 12.6. The van der Waals surface area contributed by atoms with Gasteiger partial charge in [0, 0.05) is 57.1 Å². The molecule has 2 aromatic carbocycles. The first kappa shape index (κ1) is 23.1. The second-order valence-corrected chi connectivity index (χ2v) is 8.53. The summed E-state index contributed by atoms with van der Waals surface area (Å²) in [6.07, 6.45) is 2.23. The van der Waals surface area contributed by atoms with Crippen LogP contribution < -0.4 is 15.5 Å². The van der Waals surface area contributed by atoms with Crippen molar-refractivity contribution >= 4 is 17.6 Å². The molecule has 33 heavy (non-hydrogen) atoms. The summed E-state index contributed by atoms with van der Waals surface area (Å²) < 4.78 is 5.59. The molecule has 2 aromatic rings. The van der Waals surface area contributed by atoms with E-state index in [1.807, 2.05) is 24.3 Å². The minimum Gasteiger partial charge on any atom is -0.376 e. The van der Waals surface area contributed by atoms with Crippen molar-refractivity contribution in [3.63, 3.8) is 0 Å². The molecule has 2 fully saturated rings. The van der Waals surface area contributed by atoms with E-state index >= 15 is 0 Å². The Labute approximate surface area is 196 Å². The number of carbonyl (C=O) groups is 1. The van der Waals surface area contributed by atoms with Gasteiger partial charge in [-0.3, -0.25) is 4.79 Å². The molecule has 0 aliphatic carbocycles. The summed E-state index contributed by atoms with van der Waals surface area (Å²) in [7, 11) is 0. The summed E-state index contributed by atoms with van der Waals surface area (Å²) in [4.78, 5) is 22.2. The van der Waals surface area contributed by atoms with Gasteiger partial charge in [0.25, 0.3) is 5.91 Å². The quantitative estimate of drug-likeness (QED) is 0.503. The third-order valence-electron chi connectivity index (χ3n) is 6.15. The number of ether oxygens (including phenoxy) is 1. The minimum atomic E-state index is -0.0553. The number of piperazine rings is 1. The molecule has 7 heteroatoms. The van der Waals surface area contributed by atoms with Crippen LogP contribution in [-0.4, -0.2) is 68.7 Å². The van der Waals surface area contributed by atoms with Gasteiger partial charge in [-0.25, -0.2) is 4.99 Å². The van der Waals surface area contributed by atoms with E-state index in [9.17, 15) is 4.79 Å². The fourth-order valence-electron chi connectivity index (χ4n) is 4.33. The Kier molecular flexibility index (Phi) is 8.19. The molecule has 2 aliphatic rings. The van der Waals surface area contributed by atoms with Gasteiger partial charge in [-0.15, -0.1) is 0 Å². The van der Waals surface area contributed by atoms with Gasteiger partial charge in [-0.2, -0.15) is 0 Å². The van der Waals surface area contributed by atoms with Crippen molar-refractivity contribution in [1.29, 1.82) is 0 Å². The van der Waals surface area contributed by atoms with Crippen LogP contribution in [0.3, 0.4) is 0 Å². The number of amides is 1. The fourth-order valence-corrected chi connectivity index (χ4v) is 4.33. The molecule has 4 rings (SSSR count). The Morgan fingerprint density at radius 3 is 2.61 bits per heavy atom. The van der Waals surface area contributed by atoms with Gasteiger partial charge in [-0.1, -0.05) is 30.3 Å². The van der Waals surface area contributed by atoms with E-state index in [0.29, 0.717) is 18.7 Å².